The molecular formula is C17H25BrN2O2. The van der Waals surface area contributed by atoms with Crippen molar-refractivity contribution >= 4 is 21.9 Å². The summed E-state index contributed by atoms with van der Waals surface area (Å²) in [6, 6.07) is 8.82. The average Bonchev–Trinajstić information content (AvgIpc) is 2.45. The van der Waals surface area contributed by atoms with Crippen LogP contribution in [0, 0.1) is 5.41 Å². The van der Waals surface area contributed by atoms with Crippen LogP contribution in [0.1, 0.15) is 39.2 Å². The molecule has 122 valence electrons. The molecular weight excluding hydrogens is 344 g/mol. The third-order valence-electron chi connectivity index (χ3n) is 3.76. The molecule has 0 atom stereocenters. The number of halogens is 1. The average molecular weight is 369 g/mol. The van der Waals surface area contributed by atoms with Crippen molar-refractivity contribution in [2.45, 2.75) is 46.2 Å². The Balaban J connectivity index is 1.72. The van der Waals surface area contributed by atoms with Gasteiger partial charge in [0.15, 0.2) is 0 Å². The van der Waals surface area contributed by atoms with Gasteiger partial charge in [0.1, 0.15) is 0 Å². The summed E-state index contributed by atoms with van der Waals surface area (Å²) in [5.74, 6) is -0.159. The minimum Gasteiger partial charge on any atom is -0.367 e. The highest BCUT2D eigenvalue weighted by molar-refractivity contribution is 9.10. The van der Waals surface area contributed by atoms with Crippen molar-refractivity contribution in [3.63, 3.8) is 0 Å². The lowest BCUT2D eigenvalue weighted by atomic mass is 9.98. The summed E-state index contributed by atoms with van der Waals surface area (Å²) in [5.41, 5.74) is 0.825. The lowest BCUT2D eigenvalue weighted by Crippen LogP contribution is -2.44. The first-order valence-electron chi connectivity index (χ1n) is 7.80. The molecule has 1 fully saturated rings. The number of nitrogens with zero attached hydrogens (tertiary/aromatic N) is 1. The molecule has 0 radical (unpaired) electrons. The molecule has 1 aliphatic heterocycles. The Morgan fingerprint density at radius 1 is 1.36 bits per heavy atom. The van der Waals surface area contributed by atoms with Crippen LogP contribution >= 0.6 is 15.9 Å². The number of hydroxylamine groups is 2. The van der Waals surface area contributed by atoms with Gasteiger partial charge in [-0.15, -0.1) is 5.06 Å². The second-order valence-electron chi connectivity index (χ2n) is 6.84. The van der Waals surface area contributed by atoms with E-state index in [1.54, 1.807) is 5.06 Å². The van der Waals surface area contributed by atoms with Crippen molar-refractivity contribution in [2.75, 3.05) is 13.1 Å². The van der Waals surface area contributed by atoms with E-state index in [1.165, 1.54) is 5.56 Å². The van der Waals surface area contributed by atoms with E-state index in [4.69, 9.17) is 4.84 Å². The Labute approximate surface area is 141 Å². The van der Waals surface area contributed by atoms with Crippen molar-refractivity contribution < 1.29 is 9.63 Å². The van der Waals surface area contributed by atoms with Gasteiger partial charge in [0.2, 0.25) is 0 Å². The molecule has 5 heteroatoms. The van der Waals surface area contributed by atoms with E-state index in [0.717, 1.165) is 36.9 Å². The lowest BCUT2D eigenvalue weighted by molar-refractivity contribution is -0.204. The van der Waals surface area contributed by atoms with Crippen LogP contribution in [0.15, 0.2) is 28.7 Å². The quantitative estimate of drug-likeness (QED) is 0.882. The molecule has 0 amide bonds. The smallest absolute Gasteiger partial charge is 0.330 e. The van der Waals surface area contributed by atoms with E-state index in [-0.39, 0.29) is 5.97 Å². The fourth-order valence-electron chi connectivity index (χ4n) is 2.31. The number of hydrogen-bond donors (Lipinski definition) is 1. The minimum absolute atomic E-state index is 0.159. The van der Waals surface area contributed by atoms with E-state index in [1.807, 2.05) is 26.8 Å². The van der Waals surface area contributed by atoms with Crippen LogP contribution in [0.3, 0.4) is 0 Å². The zero-order valence-corrected chi connectivity index (χ0v) is 15.1. The fourth-order valence-corrected chi connectivity index (χ4v) is 2.76. The molecule has 1 aromatic rings. The molecule has 0 saturated carbocycles. The molecule has 22 heavy (non-hydrogen) atoms. The molecule has 1 heterocycles. The highest BCUT2D eigenvalue weighted by atomic mass is 79.9. The van der Waals surface area contributed by atoms with Gasteiger partial charge in [0, 0.05) is 30.1 Å². The first kappa shape index (κ1) is 17.4. The highest BCUT2D eigenvalue weighted by Crippen LogP contribution is 2.19. The molecule has 1 N–H and O–H groups in total. The van der Waals surface area contributed by atoms with Crippen molar-refractivity contribution in [3.05, 3.63) is 34.3 Å². The summed E-state index contributed by atoms with van der Waals surface area (Å²) in [6.45, 7) is 8.08. The molecule has 0 aromatic heterocycles. The van der Waals surface area contributed by atoms with Crippen molar-refractivity contribution in [2.24, 2.45) is 5.41 Å². The van der Waals surface area contributed by atoms with E-state index in [9.17, 15) is 4.79 Å². The minimum atomic E-state index is -0.449. The third kappa shape index (κ3) is 5.38. The SMILES string of the molecule is CC(C)(C)C(=O)ON1CCC(NCc2cccc(Br)c2)CC1. The van der Waals surface area contributed by atoms with Crippen molar-refractivity contribution in [3.8, 4) is 0 Å². The van der Waals surface area contributed by atoms with Crippen LogP contribution in [0.25, 0.3) is 0 Å². The number of piperidine rings is 1. The van der Waals surface area contributed by atoms with Crippen LogP contribution in [-0.4, -0.2) is 30.2 Å². The Kier molecular flexibility index (Phi) is 6.01. The Hall–Kier alpha value is -0.910. The molecule has 1 saturated heterocycles. The van der Waals surface area contributed by atoms with Crippen LogP contribution < -0.4 is 5.32 Å². The zero-order valence-electron chi connectivity index (χ0n) is 13.6. The zero-order chi connectivity index (χ0) is 16.2. The van der Waals surface area contributed by atoms with E-state index >= 15 is 0 Å². The second-order valence-corrected chi connectivity index (χ2v) is 7.76. The number of hydrogen-bond acceptors (Lipinski definition) is 4. The summed E-state index contributed by atoms with van der Waals surface area (Å²) in [7, 11) is 0. The van der Waals surface area contributed by atoms with E-state index in [2.05, 4.69) is 39.4 Å². The molecule has 0 unspecified atom stereocenters. The summed E-state index contributed by atoms with van der Waals surface area (Å²) >= 11 is 3.49. The van der Waals surface area contributed by atoms with Crippen molar-refractivity contribution in [1.29, 1.82) is 0 Å². The van der Waals surface area contributed by atoms with Gasteiger partial charge in [-0.25, -0.2) is 4.79 Å². The normalized spacial score (nSPS) is 17.5. The number of carbonyl (C=O) groups excluding carboxylic acids is 1. The van der Waals surface area contributed by atoms with Crippen LogP contribution in [0.2, 0.25) is 0 Å². The molecule has 1 aromatic carbocycles. The van der Waals surface area contributed by atoms with Gasteiger partial charge in [0.25, 0.3) is 0 Å². The Morgan fingerprint density at radius 3 is 2.64 bits per heavy atom. The Morgan fingerprint density at radius 2 is 2.05 bits per heavy atom. The summed E-state index contributed by atoms with van der Waals surface area (Å²) in [6.07, 6.45) is 1.98. The highest BCUT2D eigenvalue weighted by Gasteiger charge is 2.28. The molecule has 0 spiro atoms. The van der Waals surface area contributed by atoms with Crippen LogP contribution in [0.4, 0.5) is 0 Å². The topological polar surface area (TPSA) is 41.6 Å². The van der Waals surface area contributed by atoms with Gasteiger partial charge in [0.05, 0.1) is 5.41 Å². The predicted octanol–water partition coefficient (Wildman–Crippen LogP) is 3.51. The van der Waals surface area contributed by atoms with Gasteiger partial charge in [-0.1, -0.05) is 28.1 Å². The third-order valence-corrected chi connectivity index (χ3v) is 4.26. The number of nitrogens with one attached hydrogen (secondary N) is 1. The number of benzene rings is 1. The maximum Gasteiger partial charge on any atom is 0.330 e. The maximum absolute atomic E-state index is 11.9. The molecule has 0 bridgehead atoms. The standard InChI is InChI=1S/C17H25BrN2O2/c1-17(2,3)16(21)22-20-9-7-15(8-10-20)19-12-13-5-4-6-14(18)11-13/h4-6,11,15,19H,7-10,12H2,1-3H3. The largest absolute Gasteiger partial charge is 0.367 e. The number of carbonyl (C=O) groups is 1. The first-order valence-corrected chi connectivity index (χ1v) is 8.59. The predicted molar refractivity (Wildman–Crippen MR) is 91.1 cm³/mol. The molecule has 1 aliphatic rings. The Bertz CT molecular complexity index is 506. The summed E-state index contributed by atoms with van der Waals surface area (Å²) in [4.78, 5) is 17.3. The van der Waals surface area contributed by atoms with Gasteiger partial charge in [-0.2, -0.15) is 0 Å². The summed E-state index contributed by atoms with van der Waals surface area (Å²) in [5, 5.41) is 5.38. The molecule has 0 aliphatic carbocycles. The first-order chi connectivity index (χ1) is 10.3. The van der Waals surface area contributed by atoms with Gasteiger partial charge in [-0.05, 0) is 51.3 Å². The van der Waals surface area contributed by atoms with Crippen molar-refractivity contribution in [1.82, 2.24) is 10.4 Å². The maximum atomic E-state index is 11.9. The van der Waals surface area contributed by atoms with E-state index < -0.39 is 5.41 Å². The van der Waals surface area contributed by atoms with E-state index in [0.29, 0.717) is 6.04 Å². The second kappa shape index (κ2) is 7.57. The van der Waals surface area contributed by atoms with Gasteiger partial charge in [-0.3, -0.25) is 0 Å². The molecule has 4 nitrogen and oxygen atoms in total. The summed E-state index contributed by atoms with van der Waals surface area (Å²) < 4.78 is 1.11. The van der Waals surface area contributed by atoms with Gasteiger partial charge >= 0.3 is 5.97 Å². The molecule has 2 rings (SSSR count). The fraction of sp³-hybridized carbons (Fsp3) is 0.588. The van der Waals surface area contributed by atoms with Crippen LogP contribution in [0.5, 0.6) is 0 Å². The monoisotopic (exact) mass is 368 g/mol. The number of rotatable bonds is 4. The van der Waals surface area contributed by atoms with Gasteiger partial charge < -0.3 is 10.2 Å². The lowest BCUT2D eigenvalue weighted by Gasteiger charge is -2.32. The van der Waals surface area contributed by atoms with Crippen LogP contribution in [-0.2, 0) is 16.2 Å².